The molecule has 2 N–H and O–H groups in total. The molecule has 3 rings (SSSR count). The van der Waals surface area contributed by atoms with Gasteiger partial charge in [0.15, 0.2) is 0 Å². The Morgan fingerprint density at radius 3 is 2.55 bits per heavy atom. The number of aryl methyl sites for hydroxylation is 1. The summed E-state index contributed by atoms with van der Waals surface area (Å²) in [7, 11) is 0. The molecule has 1 aliphatic rings. The number of hydrogen-bond donors (Lipinski definition) is 1. The van der Waals surface area contributed by atoms with Crippen LogP contribution in [-0.4, -0.2) is 18.0 Å². The van der Waals surface area contributed by atoms with Gasteiger partial charge in [0, 0.05) is 24.7 Å². The second-order valence-corrected chi connectivity index (χ2v) is 6.50. The van der Waals surface area contributed by atoms with Crippen LogP contribution in [0.4, 0.5) is 0 Å². The Balaban J connectivity index is 1.52. The minimum absolute atomic E-state index is 0.629. The maximum Gasteiger partial charge on any atom is 0.0406 e. The highest BCUT2D eigenvalue weighted by Crippen LogP contribution is 2.21. The van der Waals surface area contributed by atoms with Gasteiger partial charge in [0.2, 0.25) is 0 Å². The van der Waals surface area contributed by atoms with Crippen LogP contribution < -0.4 is 5.73 Å². The first-order valence-corrected chi connectivity index (χ1v) is 8.40. The molecule has 0 aromatic heterocycles. The van der Waals surface area contributed by atoms with Gasteiger partial charge in [-0.25, -0.2) is 0 Å². The van der Waals surface area contributed by atoms with E-state index in [9.17, 15) is 0 Å². The van der Waals surface area contributed by atoms with E-state index in [1.54, 1.807) is 0 Å². The molecule has 2 aromatic rings. The lowest BCUT2D eigenvalue weighted by Gasteiger charge is -2.29. The second-order valence-electron chi connectivity index (χ2n) is 6.06. The summed E-state index contributed by atoms with van der Waals surface area (Å²) in [5.41, 5.74) is 11.3. The first-order chi connectivity index (χ1) is 10.7. The number of rotatable bonds is 5. The van der Waals surface area contributed by atoms with Crippen molar-refractivity contribution >= 4 is 11.6 Å². The standard InChI is InChI=1S/C19H23ClN2/c20-19-7-4-15(5-8-19)2-1-10-22-11-9-17-6-3-16(13-21)12-18(17)14-22/h3-8,12H,1-2,9-11,13-14,21H2. The molecule has 0 bridgehead atoms. The Kier molecular flexibility index (Phi) is 5.14. The molecule has 2 aromatic carbocycles. The molecule has 0 radical (unpaired) electrons. The molecule has 0 spiro atoms. The summed E-state index contributed by atoms with van der Waals surface area (Å²) < 4.78 is 0. The van der Waals surface area contributed by atoms with Crippen LogP contribution in [0.15, 0.2) is 42.5 Å². The van der Waals surface area contributed by atoms with Gasteiger partial charge in [-0.05, 0) is 60.2 Å². The quantitative estimate of drug-likeness (QED) is 0.910. The molecule has 0 fully saturated rings. The Labute approximate surface area is 137 Å². The third kappa shape index (κ3) is 3.89. The first kappa shape index (κ1) is 15.5. The van der Waals surface area contributed by atoms with Crippen molar-refractivity contribution in [2.75, 3.05) is 13.1 Å². The minimum atomic E-state index is 0.629. The van der Waals surface area contributed by atoms with Gasteiger partial charge in [0.1, 0.15) is 0 Å². The molecule has 0 amide bonds. The van der Waals surface area contributed by atoms with Crippen LogP contribution in [0, 0.1) is 0 Å². The van der Waals surface area contributed by atoms with Gasteiger partial charge in [-0.1, -0.05) is 41.9 Å². The molecule has 0 unspecified atom stereocenters. The monoisotopic (exact) mass is 314 g/mol. The summed E-state index contributed by atoms with van der Waals surface area (Å²) in [5, 5.41) is 0.812. The summed E-state index contributed by atoms with van der Waals surface area (Å²) in [4.78, 5) is 2.55. The van der Waals surface area contributed by atoms with E-state index in [0.717, 1.165) is 37.5 Å². The van der Waals surface area contributed by atoms with Gasteiger partial charge in [0.05, 0.1) is 0 Å². The molecular weight excluding hydrogens is 292 g/mol. The van der Waals surface area contributed by atoms with Crippen molar-refractivity contribution in [3.63, 3.8) is 0 Å². The average molecular weight is 315 g/mol. The lowest BCUT2D eigenvalue weighted by atomic mass is 9.97. The molecule has 0 saturated heterocycles. The maximum atomic E-state index is 5.92. The smallest absolute Gasteiger partial charge is 0.0406 e. The fourth-order valence-corrected chi connectivity index (χ4v) is 3.27. The average Bonchev–Trinajstić information content (AvgIpc) is 2.56. The van der Waals surface area contributed by atoms with Crippen LogP contribution in [0.3, 0.4) is 0 Å². The van der Waals surface area contributed by atoms with Crippen molar-refractivity contribution in [3.8, 4) is 0 Å². The number of nitrogens with two attached hydrogens (primary N) is 1. The molecule has 0 saturated carbocycles. The second kappa shape index (κ2) is 7.28. The molecule has 1 heterocycles. The SMILES string of the molecule is NCc1ccc2c(c1)CN(CCCc1ccc(Cl)cc1)CC2. The van der Waals surface area contributed by atoms with E-state index >= 15 is 0 Å². The summed E-state index contributed by atoms with van der Waals surface area (Å²) in [6.07, 6.45) is 3.46. The van der Waals surface area contributed by atoms with E-state index in [1.165, 1.54) is 28.7 Å². The van der Waals surface area contributed by atoms with E-state index in [4.69, 9.17) is 17.3 Å². The van der Waals surface area contributed by atoms with Crippen LogP contribution in [0.5, 0.6) is 0 Å². The minimum Gasteiger partial charge on any atom is -0.326 e. The molecule has 2 nitrogen and oxygen atoms in total. The van der Waals surface area contributed by atoms with Gasteiger partial charge < -0.3 is 5.73 Å². The van der Waals surface area contributed by atoms with E-state index in [2.05, 4.69) is 35.2 Å². The summed E-state index contributed by atoms with van der Waals surface area (Å²) >= 11 is 5.92. The Bertz CT molecular complexity index is 622. The highest BCUT2D eigenvalue weighted by Gasteiger charge is 2.15. The summed E-state index contributed by atoms with van der Waals surface area (Å²) in [6, 6.07) is 14.9. The molecule has 116 valence electrons. The number of fused-ring (bicyclic) bond motifs is 1. The Morgan fingerprint density at radius 1 is 1.00 bits per heavy atom. The predicted octanol–water partition coefficient (Wildman–Crippen LogP) is 3.79. The van der Waals surface area contributed by atoms with Crippen LogP contribution in [0.1, 0.15) is 28.7 Å². The molecule has 0 aliphatic carbocycles. The summed E-state index contributed by atoms with van der Waals surface area (Å²) in [6.45, 7) is 4.00. The fraction of sp³-hybridized carbons (Fsp3) is 0.368. The Morgan fingerprint density at radius 2 is 1.77 bits per heavy atom. The highest BCUT2D eigenvalue weighted by atomic mass is 35.5. The predicted molar refractivity (Wildman–Crippen MR) is 93.1 cm³/mol. The molecule has 0 atom stereocenters. The van der Waals surface area contributed by atoms with Gasteiger partial charge >= 0.3 is 0 Å². The van der Waals surface area contributed by atoms with Gasteiger partial charge in [-0.15, -0.1) is 0 Å². The van der Waals surface area contributed by atoms with Crippen LogP contribution >= 0.6 is 11.6 Å². The highest BCUT2D eigenvalue weighted by molar-refractivity contribution is 6.30. The fourth-order valence-electron chi connectivity index (χ4n) is 3.14. The largest absolute Gasteiger partial charge is 0.326 e. The van der Waals surface area contributed by atoms with E-state index in [0.29, 0.717) is 6.54 Å². The zero-order valence-electron chi connectivity index (χ0n) is 12.9. The topological polar surface area (TPSA) is 29.3 Å². The van der Waals surface area contributed by atoms with Crippen molar-refractivity contribution < 1.29 is 0 Å². The number of halogens is 1. The van der Waals surface area contributed by atoms with Crippen molar-refractivity contribution in [2.45, 2.75) is 32.4 Å². The van der Waals surface area contributed by atoms with Crippen LogP contribution in [0.25, 0.3) is 0 Å². The van der Waals surface area contributed by atoms with Crippen molar-refractivity contribution in [1.82, 2.24) is 4.90 Å². The Hall–Kier alpha value is -1.35. The van der Waals surface area contributed by atoms with Gasteiger partial charge in [-0.3, -0.25) is 4.90 Å². The zero-order chi connectivity index (χ0) is 15.4. The molecule has 22 heavy (non-hydrogen) atoms. The maximum absolute atomic E-state index is 5.92. The number of nitrogens with zero attached hydrogens (tertiary/aromatic N) is 1. The zero-order valence-corrected chi connectivity index (χ0v) is 13.6. The molecule has 3 heteroatoms. The van der Waals surface area contributed by atoms with E-state index < -0.39 is 0 Å². The third-order valence-corrected chi connectivity index (χ3v) is 4.70. The van der Waals surface area contributed by atoms with Crippen molar-refractivity contribution in [2.24, 2.45) is 5.73 Å². The molecule has 1 aliphatic heterocycles. The van der Waals surface area contributed by atoms with E-state index in [-0.39, 0.29) is 0 Å². The van der Waals surface area contributed by atoms with Crippen molar-refractivity contribution in [3.05, 3.63) is 69.7 Å². The van der Waals surface area contributed by atoms with E-state index in [1.807, 2.05) is 12.1 Å². The normalized spacial score (nSPS) is 14.8. The number of benzene rings is 2. The lowest BCUT2D eigenvalue weighted by molar-refractivity contribution is 0.251. The lowest BCUT2D eigenvalue weighted by Crippen LogP contribution is -2.31. The molecular formula is C19H23ClN2. The van der Waals surface area contributed by atoms with Gasteiger partial charge in [0.25, 0.3) is 0 Å². The van der Waals surface area contributed by atoms with Gasteiger partial charge in [-0.2, -0.15) is 0 Å². The van der Waals surface area contributed by atoms with Crippen molar-refractivity contribution in [1.29, 1.82) is 0 Å². The number of hydrogen-bond acceptors (Lipinski definition) is 2. The summed E-state index contributed by atoms with van der Waals surface area (Å²) in [5.74, 6) is 0. The first-order valence-electron chi connectivity index (χ1n) is 8.02. The van der Waals surface area contributed by atoms with Crippen LogP contribution in [-0.2, 0) is 25.9 Å². The third-order valence-electron chi connectivity index (χ3n) is 4.45. The van der Waals surface area contributed by atoms with Crippen LogP contribution in [0.2, 0.25) is 5.02 Å².